The molecule has 0 saturated carbocycles. The van der Waals surface area contributed by atoms with Crippen LogP contribution in [0.15, 0.2) is 83.8 Å². The molecule has 5 N–H and O–H groups in total. The van der Waals surface area contributed by atoms with Gasteiger partial charge in [0, 0.05) is 43.1 Å². The zero-order valence-corrected chi connectivity index (χ0v) is 29.1. The normalized spacial score (nSPS) is 17.1. The Morgan fingerprint density at radius 3 is 2.15 bits per heavy atom. The fourth-order valence-electron chi connectivity index (χ4n) is 6.35. The predicted molar refractivity (Wildman–Crippen MR) is 190 cm³/mol. The van der Waals surface area contributed by atoms with Crippen molar-refractivity contribution >= 4 is 28.9 Å². The average molecular weight is 659 g/mol. The Labute approximate surface area is 283 Å². The smallest absolute Gasteiger partial charge is 0.246 e. The van der Waals surface area contributed by atoms with Gasteiger partial charge in [-0.3, -0.25) is 14.4 Å². The van der Waals surface area contributed by atoms with Gasteiger partial charge >= 0.3 is 0 Å². The van der Waals surface area contributed by atoms with E-state index in [9.17, 15) is 19.5 Å². The fraction of sp³-hybridized carbons (Fsp3) is 0.447. The van der Waals surface area contributed by atoms with Gasteiger partial charge in [0.1, 0.15) is 0 Å². The number of likely N-dealkylation sites (tertiary alicyclic amines) is 1. The number of nitrogens with two attached hydrogens (primary N) is 2. The van der Waals surface area contributed by atoms with E-state index >= 15 is 0 Å². The summed E-state index contributed by atoms with van der Waals surface area (Å²) in [6, 6.07) is 20.9. The average Bonchev–Trinajstić information content (AvgIpc) is 3.55. The zero-order chi connectivity index (χ0) is 34.4. The molecule has 9 heteroatoms. The molecule has 0 radical (unpaired) electrons. The van der Waals surface area contributed by atoms with Crippen LogP contribution < -0.4 is 11.5 Å². The van der Waals surface area contributed by atoms with Gasteiger partial charge in [-0.05, 0) is 81.5 Å². The van der Waals surface area contributed by atoms with Gasteiger partial charge in [-0.2, -0.15) is 0 Å². The summed E-state index contributed by atoms with van der Waals surface area (Å²) in [5.41, 5.74) is 14.9. The molecule has 1 saturated heterocycles. The molecule has 2 aromatic carbocycles. The monoisotopic (exact) mass is 658 g/mol. The van der Waals surface area contributed by atoms with Gasteiger partial charge in [-0.1, -0.05) is 66.2 Å². The minimum Gasteiger partial charge on any atom is -0.393 e. The topological polar surface area (TPSA) is 130 Å². The van der Waals surface area contributed by atoms with E-state index in [-0.39, 0.29) is 24.0 Å². The maximum absolute atomic E-state index is 14.8. The van der Waals surface area contributed by atoms with E-state index in [4.69, 9.17) is 11.5 Å². The number of hydrogen-bond donors (Lipinski definition) is 3. The molecule has 1 aliphatic rings. The van der Waals surface area contributed by atoms with Crippen molar-refractivity contribution in [1.82, 2.24) is 9.80 Å². The van der Waals surface area contributed by atoms with Crippen LogP contribution >= 0.6 is 11.3 Å². The highest BCUT2D eigenvalue weighted by atomic mass is 32.1. The van der Waals surface area contributed by atoms with Crippen LogP contribution in [0.1, 0.15) is 57.4 Å². The summed E-state index contributed by atoms with van der Waals surface area (Å²) in [5.74, 6) is -1.76. The van der Waals surface area contributed by atoms with Crippen LogP contribution in [0.4, 0.5) is 0 Å². The van der Waals surface area contributed by atoms with Crippen LogP contribution in [-0.4, -0.2) is 75.9 Å². The van der Waals surface area contributed by atoms with E-state index in [1.807, 2.05) is 92.9 Å². The molecule has 4 rings (SSSR count). The molecule has 3 atom stereocenters. The van der Waals surface area contributed by atoms with Gasteiger partial charge < -0.3 is 26.4 Å². The second-order valence-electron chi connectivity index (χ2n) is 13.9. The first-order valence-electron chi connectivity index (χ1n) is 16.4. The molecular weight excluding hydrogens is 609 g/mol. The number of thiophene rings is 1. The maximum atomic E-state index is 14.8. The number of nitrogens with zero attached hydrogens (tertiary/aromatic N) is 2. The first kappa shape index (κ1) is 36.2. The summed E-state index contributed by atoms with van der Waals surface area (Å²) in [5, 5.41) is 12.0. The van der Waals surface area contributed by atoms with Crippen molar-refractivity contribution in [1.29, 1.82) is 0 Å². The highest BCUT2D eigenvalue weighted by molar-refractivity contribution is 7.09. The van der Waals surface area contributed by atoms with Gasteiger partial charge in [0.15, 0.2) is 5.78 Å². The van der Waals surface area contributed by atoms with Crippen LogP contribution in [0.5, 0.6) is 0 Å². The number of amides is 2. The van der Waals surface area contributed by atoms with Crippen LogP contribution in [-0.2, 0) is 27.2 Å². The van der Waals surface area contributed by atoms with Gasteiger partial charge in [-0.15, -0.1) is 11.3 Å². The molecule has 0 aliphatic carbocycles. The number of ketones is 1. The number of carbonyl (C=O) groups is 3. The summed E-state index contributed by atoms with van der Waals surface area (Å²) < 4.78 is 0. The number of benzene rings is 2. The Morgan fingerprint density at radius 1 is 0.957 bits per heavy atom. The number of likely N-dealkylation sites (N-methyl/N-ethyl adjacent to an activating group) is 1. The van der Waals surface area contributed by atoms with E-state index in [1.165, 1.54) is 22.3 Å². The Kier molecular flexibility index (Phi) is 12.0. The SMILES string of the molecule is C/C(=C\C(=O)N(C)[C@H](Cc1ccc(-c2ccccc2)cc1)C(=O)C(C)(N)[C@H](Cc1cccs1)C(=O)N1CCC(O)CC1)CC(C)(C)N. The van der Waals surface area contributed by atoms with Crippen molar-refractivity contribution in [3.63, 3.8) is 0 Å². The first-order valence-corrected chi connectivity index (χ1v) is 17.2. The molecule has 0 spiro atoms. The minimum absolute atomic E-state index is 0.204. The van der Waals surface area contributed by atoms with E-state index in [0.29, 0.717) is 38.8 Å². The van der Waals surface area contributed by atoms with E-state index in [1.54, 1.807) is 18.9 Å². The Balaban J connectivity index is 1.69. The van der Waals surface area contributed by atoms with E-state index < -0.39 is 29.1 Å². The zero-order valence-electron chi connectivity index (χ0n) is 28.3. The fourth-order valence-corrected chi connectivity index (χ4v) is 7.10. The van der Waals surface area contributed by atoms with Gasteiger partial charge in [0.25, 0.3) is 0 Å². The predicted octanol–water partition coefficient (Wildman–Crippen LogP) is 4.99. The van der Waals surface area contributed by atoms with Gasteiger partial charge in [0.05, 0.1) is 23.6 Å². The lowest BCUT2D eigenvalue weighted by molar-refractivity contribution is -0.146. The molecule has 8 nitrogen and oxygen atoms in total. The molecule has 1 aliphatic heterocycles. The largest absolute Gasteiger partial charge is 0.393 e. The highest BCUT2D eigenvalue weighted by Crippen LogP contribution is 2.30. The third-order valence-corrected chi connectivity index (χ3v) is 9.93. The standard InChI is InChI=1S/C38H50N4O4S/c1-26(25-37(2,3)39)22-34(44)41(5)33(23-27-13-15-29(16-14-27)28-10-7-6-8-11-28)35(45)38(4,40)32(24-31-12-9-21-47-31)36(46)42-19-17-30(43)18-20-42/h6-16,21-22,30,32-33,43H,17-20,23-25,39-40H2,1-5H3/b26-22+/t32-,33-,38?/m1/s1. The summed E-state index contributed by atoms with van der Waals surface area (Å²) >= 11 is 1.52. The molecule has 1 aromatic heterocycles. The lowest BCUT2D eigenvalue weighted by atomic mass is 9.75. The molecule has 0 bridgehead atoms. The molecule has 2 heterocycles. The summed E-state index contributed by atoms with van der Waals surface area (Å²) in [4.78, 5) is 46.7. The van der Waals surface area contributed by atoms with Crippen molar-refractivity contribution in [2.24, 2.45) is 17.4 Å². The summed E-state index contributed by atoms with van der Waals surface area (Å²) in [7, 11) is 1.62. The minimum atomic E-state index is -1.60. The number of carbonyl (C=O) groups excluding carboxylic acids is 3. The summed E-state index contributed by atoms with van der Waals surface area (Å²) in [6.07, 6.45) is 3.10. The Hall–Kier alpha value is -3.63. The van der Waals surface area contributed by atoms with Crippen LogP contribution in [0, 0.1) is 5.92 Å². The summed E-state index contributed by atoms with van der Waals surface area (Å²) in [6.45, 7) is 8.10. The highest BCUT2D eigenvalue weighted by Gasteiger charge is 2.47. The molecule has 1 unspecified atom stereocenters. The number of rotatable bonds is 13. The van der Waals surface area contributed by atoms with Gasteiger partial charge in [0.2, 0.25) is 11.8 Å². The van der Waals surface area contributed by atoms with Crippen LogP contribution in [0.25, 0.3) is 11.1 Å². The van der Waals surface area contributed by atoms with Crippen LogP contribution in [0.2, 0.25) is 0 Å². The number of aliphatic hydroxyl groups excluding tert-OH is 1. The number of Topliss-reactive ketones (excluding diaryl/α,β-unsaturated/α-hetero) is 1. The van der Waals surface area contributed by atoms with Gasteiger partial charge in [-0.25, -0.2) is 0 Å². The lowest BCUT2D eigenvalue weighted by Crippen LogP contribution is -2.63. The van der Waals surface area contributed by atoms with Crippen molar-refractivity contribution in [2.75, 3.05) is 20.1 Å². The number of aliphatic hydroxyl groups is 1. The second-order valence-corrected chi connectivity index (χ2v) is 15.0. The second kappa shape index (κ2) is 15.5. The number of piperidine rings is 1. The first-order chi connectivity index (χ1) is 22.2. The third-order valence-electron chi connectivity index (χ3n) is 9.03. The van der Waals surface area contributed by atoms with E-state index in [2.05, 4.69) is 0 Å². The molecule has 252 valence electrons. The molecular formula is C38H50N4O4S. The van der Waals surface area contributed by atoms with E-state index in [0.717, 1.165) is 27.1 Å². The maximum Gasteiger partial charge on any atom is 0.246 e. The Morgan fingerprint density at radius 2 is 1.57 bits per heavy atom. The third kappa shape index (κ3) is 9.70. The van der Waals surface area contributed by atoms with Crippen molar-refractivity contribution < 1.29 is 19.5 Å². The molecule has 2 amide bonds. The number of hydrogen-bond acceptors (Lipinski definition) is 7. The molecule has 47 heavy (non-hydrogen) atoms. The Bertz CT molecular complexity index is 1520. The van der Waals surface area contributed by atoms with Crippen molar-refractivity contribution in [3.8, 4) is 11.1 Å². The molecule has 1 fully saturated rings. The van der Waals surface area contributed by atoms with Crippen LogP contribution in [0.3, 0.4) is 0 Å². The lowest BCUT2D eigenvalue weighted by Gasteiger charge is -2.40. The quantitative estimate of drug-likeness (QED) is 0.222. The van der Waals surface area contributed by atoms with Crippen molar-refractivity contribution in [3.05, 3.63) is 94.2 Å². The van der Waals surface area contributed by atoms with Crippen molar-refractivity contribution in [2.45, 2.75) is 83.0 Å². The molecule has 3 aromatic rings.